The maximum absolute atomic E-state index is 12.3. The Bertz CT molecular complexity index is 502. The highest BCUT2D eigenvalue weighted by Gasteiger charge is 2.30. The predicted octanol–water partition coefficient (Wildman–Crippen LogP) is 4.53. The van der Waals surface area contributed by atoms with E-state index in [0.717, 1.165) is 28.4 Å². The fourth-order valence-corrected chi connectivity index (χ4v) is 4.34. The first-order chi connectivity index (χ1) is 10.2. The largest absolute Gasteiger partial charge is 0.303 e. The number of ketones is 1. The molecule has 21 heavy (non-hydrogen) atoms. The van der Waals surface area contributed by atoms with E-state index in [4.69, 9.17) is 0 Å². The van der Waals surface area contributed by atoms with Gasteiger partial charge in [-0.05, 0) is 43.4 Å². The molecule has 0 radical (unpaired) electrons. The number of piperidine rings is 1. The molecule has 0 bridgehead atoms. The molecule has 1 saturated carbocycles. The molecular formula is C18H24BrNO. The van der Waals surface area contributed by atoms with E-state index in [1.807, 2.05) is 24.3 Å². The summed E-state index contributed by atoms with van der Waals surface area (Å²) >= 11 is 3.43. The molecule has 0 spiro atoms. The fourth-order valence-electron chi connectivity index (χ4n) is 3.95. The van der Waals surface area contributed by atoms with Crippen LogP contribution in [-0.2, 0) is 0 Å². The lowest BCUT2D eigenvalue weighted by molar-refractivity contribution is 0.0787. The SMILES string of the molecule is O=C(CCN1CCC2CCCCC2C1)c1cccc(Br)c1. The van der Waals surface area contributed by atoms with Gasteiger partial charge in [-0.3, -0.25) is 4.79 Å². The average molecular weight is 350 g/mol. The number of fused-ring (bicyclic) bond motifs is 1. The molecule has 2 aliphatic rings. The fraction of sp³-hybridized carbons (Fsp3) is 0.611. The minimum Gasteiger partial charge on any atom is -0.303 e. The van der Waals surface area contributed by atoms with Gasteiger partial charge in [-0.15, -0.1) is 0 Å². The first-order valence-electron chi connectivity index (χ1n) is 8.23. The van der Waals surface area contributed by atoms with E-state index in [0.29, 0.717) is 6.42 Å². The maximum atomic E-state index is 12.3. The molecule has 2 atom stereocenters. The van der Waals surface area contributed by atoms with E-state index in [1.165, 1.54) is 45.2 Å². The zero-order valence-corrected chi connectivity index (χ0v) is 14.1. The molecule has 1 aromatic carbocycles. The summed E-state index contributed by atoms with van der Waals surface area (Å²) in [5.41, 5.74) is 0.830. The van der Waals surface area contributed by atoms with Crippen molar-refractivity contribution in [2.75, 3.05) is 19.6 Å². The van der Waals surface area contributed by atoms with Gasteiger partial charge >= 0.3 is 0 Å². The number of Topliss-reactive ketones (excluding diaryl/α,β-unsaturated/α-hetero) is 1. The first kappa shape index (κ1) is 15.2. The zero-order chi connectivity index (χ0) is 14.7. The minimum absolute atomic E-state index is 0.266. The van der Waals surface area contributed by atoms with Crippen molar-refractivity contribution in [3.05, 3.63) is 34.3 Å². The second-order valence-electron chi connectivity index (χ2n) is 6.58. The maximum Gasteiger partial charge on any atom is 0.164 e. The number of benzene rings is 1. The Labute approximate surface area is 136 Å². The number of nitrogens with zero attached hydrogens (tertiary/aromatic N) is 1. The quantitative estimate of drug-likeness (QED) is 0.744. The van der Waals surface area contributed by atoms with Crippen LogP contribution in [0.4, 0.5) is 0 Å². The minimum atomic E-state index is 0.266. The van der Waals surface area contributed by atoms with Crippen molar-refractivity contribution in [1.29, 1.82) is 0 Å². The van der Waals surface area contributed by atoms with Gasteiger partial charge in [0.2, 0.25) is 0 Å². The van der Waals surface area contributed by atoms with E-state index in [2.05, 4.69) is 20.8 Å². The van der Waals surface area contributed by atoms with Crippen molar-refractivity contribution in [3.63, 3.8) is 0 Å². The summed E-state index contributed by atoms with van der Waals surface area (Å²) in [6.07, 6.45) is 7.67. The monoisotopic (exact) mass is 349 g/mol. The molecule has 0 N–H and O–H groups in total. The van der Waals surface area contributed by atoms with Gasteiger partial charge in [-0.1, -0.05) is 47.3 Å². The van der Waals surface area contributed by atoms with Crippen LogP contribution in [0.3, 0.4) is 0 Å². The molecule has 3 rings (SSSR count). The Kier molecular flexibility index (Phi) is 5.12. The van der Waals surface area contributed by atoms with Crippen LogP contribution in [0.1, 0.15) is 48.9 Å². The van der Waals surface area contributed by atoms with Crippen LogP contribution in [0.5, 0.6) is 0 Å². The standard InChI is InChI=1S/C18H24BrNO/c19-17-7-3-6-15(12-17)18(21)9-11-20-10-8-14-4-1-2-5-16(14)13-20/h3,6-7,12,14,16H,1-2,4-5,8-11,13H2. The first-order valence-corrected chi connectivity index (χ1v) is 9.03. The Morgan fingerprint density at radius 3 is 2.81 bits per heavy atom. The van der Waals surface area contributed by atoms with Gasteiger partial charge in [0.15, 0.2) is 5.78 Å². The summed E-state index contributed by atoms with van der Waals surface area (Å²) in [6, 6.07) is 7.74. The average Bonchev–Trinajstić information content (AvgIpc) is 2.52. The van der Waals surface area contributed by atoms with Crippen LogP contribution in [-0.4, -0.2) is 30.3 Å². The third kappa shape index (κ3) is 3.95. The van der Waals surface area contributed by atoms with E-state index in [-0.39, 0.29) is 5.78 Å². The van der Waals surface area contributed by atoms with Gasteiger partial charge in [0.25, 0.3) is 0 Å². The number of carbonyl (C=O) groups excluding carboxylic acids is 1. The third-order valence-corrected chi connectivity index (χ3v) is 5.67. The predicted molar refractivity (Wildman–Crippen MR) is 89.6 cm³/mol. The van der Waals surface area contributed by atoms with Gasteiger partial charge in [-0.25, -0.2) is 0 Å². The van der Waals surface area contributed by atoms with Crippen LogP contribution in [0, 0.1) is 11.8 Å². The Hall–Kier alpha value is -0.670. The van der Waals surface area contributed by atoms with Crippen molar-refractivity contribution < 1.29 is 4.79 Å². The molecule has 0 aromatic heterocycles. The number of hydrogen-bond donors (Lipinski definition) is 0. The number of hydrogen-bond acceptors (Lipinski definition) is 2. The topological polar surface area (TPSA) is 20.3 Å². The molecule has 1 aliphatic carbocycles. The molecule has 114 valence electrons. The summed E-state index contributed by atoms with van der Waals surface area (Å²) in [6.45, 7) is 3.33. The molecule has 2 nitrogen and oxygen atoms in total. The second kappa shape index (κ2) is 7.06. The number of halogens is 1. The van der Waals surface area contributed by atoms with Crippen molar-refractivity contribution in [1.82, 2.24) is 4.90 Å². The normalized spacial score (nSPS) is 26.3. The van der Waals surface area contributed by atoms with E-state index >= 15 is 0 Å². The molecule has 1 heterocycles. The summed E-state index contributed by atoms with van der Waals surface area (Å²) in [5, 5.41) is 0. The molecule has 0 amide bonds. The van der Waals surface area contributed by atoms with E-state index in [1.54, 1.807) is 0 Å². The number of likely N-dealkylation sites (tertiary alicyclic amines) is 1. The smallest absolute Gasteiger partial charge is 0.164 e. The van der Waals surface area contributed by atoms with Crippen LogP contribution in [0.2, 0.25) is 0 Å². The summed E-state index contributed by atoms with van der Waals surface area (Å²) in [5.74, 6) is 2.13. The molecule has 1 aliphatic heterocycles. The summed E-state index contributed by atoms with van der Waals surface area (Å²) in [4.78, 5) is 14.8. The lowest BCUT2D eigenvalue weighted by atomic mass is 9.75. The Morgan fingerprint density at radius 1 is 1.19 bits per heavy atom. The van der Waals surface area contributed by atoms with E-state index < -0.39 is 0 Å². The van der Waals surface area contributed by atoms with Crippen molar-refractivity contribution >= 4 is 21.7 Å². The van der Waals surface area contributed by atoms with Crippen LogP contribution < -0.4 is 0 Å². The highest BCUT2D eigenvalue weighted by molar-refractivity contribution is 9.10. The van der Waals surface area contributed by atoms with Gasteiger partial charge in [-0.2, -0.15) is 0 Å². The molecule has 3 heteroatoms. The van der Waals surface area contributed by atoms with Crippen molar-refractivity contribution in [2.45, 2.75) is 38.5 Å². The Balaban J connectivity index is 1.50. The van der Waals surface area contributed by atoms with Crippen LogP contribution in [0.15, 0.2) is 28.7 Å². The van der Waals surface area contributed by atoms with Crippen LogP contribution in [0.25, 0.3) is 0 Å². The van der Waals surface area contributed by atoms with Crippen molar-refractivity contribution in [3.8, 4) is 0 Å². The lowest BCUT2D eigenvalue weighted by Gasteiger charge is -2.41. The molecule has 2 unspecified atom stereocenters. The van der Waals surface area contributed by atoms with Gasteiger partial charge in [0.05, 0.1) is 0 Å². The second-order valence-corrected chi connectivity index (χ2v) is 7.49. The molecule has 1 aromatic rings. The van der Waals surface area contributed by atoms with Crippen LogP contribution >= 0.6 is 15.9 Å². The molecule has 2 fully saturated rings. The lowest BCUT2D eigenvalue weighted by Crippen LogP contribution is -2.42. The highest BCUT2D eigenvalue weighted by atomic mass is 79.9. The summed E-state index contributed by atoms with van der Waals surface area (Å²) in [7, 11) is 0. The van der Waals surface area contributed by atoms with Gasteiger partial charge in [0, 0.05) is 29.5 Å². The highest BCUT2D eigenvalue weighted by Crippen LogP contribution is 2.36. The number of rotatable bonds is 4. The summed E-state index contributed by atoms with van der Waals surface area (Å²) < 4.78 is 0.983. The Morgan fingerprint density at radius 2 is 2.00 bits per heavy atom. The van der Waals surface area contributed by atoms with Gasteiger partial charge in [0.1, 0.15) is 0 Å². The zero-order valence-electron chi connectivity index (χ0n) is 12.6. The molecular weight excluding hydrogens is 326 g/mol. The number of carbonyl (C=O) groups is 1. The van der Waals surface area contributed by atoms with Gasteiger partial charge < -0.3 is 4.90 Å². The molecule has 1 saturated heterocycles. The third-order valence-electron chi connectivity index (χ3n) is 5.18. The van der Waals surface area contributed by atoms with E-state index in [9.17, 15) is 4.79 Å². The van der Waals surface area contributed by atoms with Crippen molar-refractivity contribution in [2.24, 2.45) is 11.8 Å².